The predicted molar refractivity (Wildman–Crippen MR) is 91.3 cm³/mol. The third-order valence-corrected chi connectivity index (χ3v) is 4.50. The number of aryl methyl sites for hydroxylation is 3. The lowest BCUT2D eigenvalue weighted by molar-refractivity contribution is 0.274. The van der Waals surface area contributed by atoms with Crippen LogP contribution in [0.15, 0.2) is 34.8 Å². The van der Waals surface area contributed by atoms with E-state index in [0.29, 0.717) is 6.04 Å². The van der Waals surface area contributed by atoms with Crippen LogP contribution in [0.3, 0.4) is 0 Å². The summed E-state index contributed by atoms with van der Waals surface area (Å²) in [5, 5.41) is 3.73. The van der Waals surface area contributed by atoms with Crippen LogP contribution in [0.1, 0.15) is 34.7 Å². The molecule has 2 aromatic carbocycles. The van der Waals surface area contributed by atoms with Gasteiger partial charge in [-0.25, -0.2) is 0 Å². The molecule has 1 atom stereocenters. The molecule has 0 fully saturated rings. The van der Waals surface area contributed by atoms with E-state index in [1.807, 2.05) is 12.1 Å². The van der Waals surface area contributed by atoms with Crippen LogP contribution in [-0.4, -0.2) is 6.61 Å². The summed E-state index contributed by atoms with van der Waals surface area (Å²) in [6, 6.07) is 11.0. The molecule has 0 bridgehead atoms. The molecule has 1 aliphatic rings. The van der Waals surface area contributed by atoms with Crippen molar-refractivity contribution in [2.75, 3.05) is 11.9 Å². The number of hydrogen-bond acceptors (Lipinski definition) is 2. The molecule has 110 valence electrons. The number of hydrogen-bond donors (Lipinski definition) is 1. The van der Waals surface area contributed by atoms with Gasteiger partial charge in [-0.1, -0.05) is 33.6 Å². The number of fused-ring (bicyclic) bond motifs is 1. The zero-order chi connectivity index (χ0) is 15.0. The van der Waals surface area contributed by atoms with Gasteiger partial charge in [0.05, 0.1) is 12.6 Å². The SMILES string of the molecule is Cc1cc(C)c(NC2CCOc3ccc(Br)cc32)c(C)c1. The van der Waals surface area contributed by atoms with Crippen molar-refractivity contribution in [2.24, 2.45) is 0 Å². The minimum absolute atomic E-state index is 0.298. The fraction of sp³-hybridized carbons (Fsp3) is 0.333. The number of nitrogens with one attached hydrogen (secondary N) is 1. The van der Waals surface area contributed by atoms with Gasteiger partial charge < -0.3 is 10.1 Å². The third kappa shape index (κ3) is 2.93. The number of halogens is 1. The minimum atomic E-state index is 0.298. The highest BCUT2D eigenvalue weighted by atomic mass is 79.9. The molecule has 0 amide bonds. The fourth-order valence-corrected chi connectivity index (χ4v) is 3.48. The van der Waals surface area contributed by atoms with Crippen LogP contribution in [0.2, 0.25) is 0 Å². The van der Waals surface area contributed by atoms with Crippen LogP contribution < -0.4 is 10.1 Å². The largest absolute Gasteiger partial charge is 0.493 e. The highest BCUT2D eigenvalue weighted by molar-refractivity contribution is 9.10. The smallest absolute Gasteiger partial charge is 0.124 e. The van der Waals surface area contributed by atoms with E-state index >= 15 is 0 Å². The van der Waals surface area contributed by atoms with Gasteiger partial charge in [0.25, 0.3) is 0 Å². The van der Waals surface area contributed by atoms with Gasteiger partial charge in [-0.15, -0.1) is 0 Å². The Morgan fingerprint density at radius 2 is 1.81 bits per heavy atom. The average molecular weight is 346 g/mol. The lowest BCUT2D eigenvalue weighted by Crippen LogP contribution is -2.21. The van der Waals surface area contributed by atoms with E-state index in [1.165, 1.54) is 27.9 Å². The highest BCUT2D eigenvalue weighted by Gasteiger charge is 2.22. The zero-order valence-electron chi connectivity index (χ0n) is 12.7. The van der Waals surface area contributed by atoms with Gasteiger partial charge in [-0.05, 0) is 50.1 Å². The maximum absolute atomic E-state index is 5.77. The molecule has 0 spiro atoms. The summed E-state index contributed by atoms with van der Waals surface area (Å²) in [7, 11) is 0. The molecule has 1 aliphatic heterocycles. The first-order chi connectivity index (χ1) is 10.0. The second kappa shape index (κ2) is 5.72. The van der Waals surface area contributed by atoms with E-state index in [0.717, 1.165) is 23.2 Å². The summed E-state index contributed by atoms with van der Waals surface area (Å²) in [5.74, 6) is 0.990. The monoisotopic (exact) mass is 345 g/mol. The third-order valence-electron chi connectivity index (χ3n) is 4.01. The molecule has 0 saturated heterocycles. The summed E-state index contributed by atoms with van der Waals surface area (Å²) < 4.78 is 6.86. The zero-order valence-corrected chi connectivity index (χ0v) is 14.3. The van der Waals surface area contributed by atoms with Crippen molar-refractivity contribution < 1.29 is 4.74 Å². The topological polar surface area (TPSA) is 21.3 Å². The van der Waals surface area contributed by atoms with Crippen LogP contribution in [0, 0.1) is 20.8 Å². The molecule has 1 heterocycles. The lowest BCUT2D eigenvalue weighted by Gasteiger charge is -2.29. The molecule has 1 N–H and O–H groups in total. The normalized spacial score (nSPS) is 17.0. The van der Waals surface area contributed by atoms with Gasteiger partial charge in [0.2, 0.25) is 0 Å². The van der Waals surface area contributed by atoms with Crippen LogP contribution >= 0.6 is 15.9 Å². The molecule has 0 radical (unpaired) electrons. The lowest BCUT2D eigenvalue weighted by atomic mass is 9.98. The first-order valence-electron chi connectivity index (χ1n) is 7.31. The maximum Gasteiger partial charge on any atom is 0.124 e. The molecular weight excluding hydrogens is 326 g/mol. The summed E-state index contributed by atoms with van der Waals surface area (Å²) in [4.78, 5) is 0. The van der Waals surface area contributed by atoms with E-state index in [1.54, 1.807) is 0 Å². The Bertz CT molecular complexity index is 658. The molecule has 2 nitrogen and oxygen atoms in total. The first kappa shape index (κ1) is 14.5. The van der Waals surface area contributed by atoms with Crippen LogP contribution in [-0.2, 0) is 0 Å². The van der Waals surface area contributed by atoms with E-state index in [2.05, 4.69) is 60.2 Å². The Balaban J connectivity index is 1.96. The summed E-state index contributed by atoms with van der Waals surface area (Å²) in [6.07, 6.45) is 0.982. The van der Waals surface area contributed by atoms with E-state index < -0.39 is 0 Å². The maximum atomic E-state index is 5.77. The number of benzene rings is 2. The number of anilines is 1. The molecule has 2 aromatic rings. The molecule has 21 heavy (non-hydrogen) atoms. The quantitative estimate of drug-likeness (QED) is 0.796. The van der Waals surface area contributed by atoms with Crippen molar-refractivity contribution in [2.45, 2.75) is 33.2 Å². The Labute approximate surface area is 134 Å². The molecule has 1 unspecified atom stereocenters. The van der Waals surface area contributed by atoms with E-state index in [4.69, 9.17) is 4.74 Å². The molecule has 0 aliphatic carbocycles. The molecule has 3 heteroatoms. The predicted octanol–water partition coefficient (Wildman–Crippen LogP) is 5.31. The van der Waals surface area contributed by atoms with Gasteiger partial charge in [-0.2, -0.15) is 0 Å². The van der Waals surface area contributed by atoms with Crippen molar-refractivity contribution in [3.63, 3.8) is 0 Å². The minimum Gasteiger partial charge on any atom is -0.493 e. The van der Waals surface area contributed by atoms with Crippen molar-refractivity contribution in [3.05, 3.63) is 57.1 Å². The van der Waals surface area contributed by atoms with Gasteiger partial charge in [-0.3, -0.25) is 0 Å². The average Bonchev–Trinajstić information content (AvgIpc) is 2.43. The Kier molecular flexibility index (Phi) is 3.94. The first-order valence-corrected chi connectivity index (χ1v) is 8.10. The summed E-state index contributed by atoms with van der Waals surface area (Å²) >= 11 is 3.56. The van der Waals surface area contributed by atoms with Gasteiger partial charge in [0.1, 0.15) is 5.75 Å². The summed E-state index contributed by atoms with van der Waals surface area (Å²) in [5.41, 5.74) is 6.39. The van der Waals surface area contributed by atoms with Crippen molar-refractivity contribution >= 4 is 21.6 Å². The molecule has 0 aromatic heterocycles. The fourth-order valence-electron chi connectivity index (χ4n) is 3.10. The van der Waals surface area contributed by atoms with Crippen LogP contribution in [0.4, 0.5) is 5.69 Å². The molecule has 0 saturated carbocycles. The second-order valence-corrected chi connectivity index (χ2v) is 6.71. The number of ether oxygens (including phenoxy) is 1. The summed E-state index contributed by atoms with van der Waals surface area (Å²) in [6.45, 7) is 7.24. The van der Waals surface area contributed by atoms with Crippen LogP contribution in [0.5, 0.6) is 5.75 Å². The van der Waals surface area contributed by atoms with Crippen molar-refractivity contribution in [3.8, 4) is 5.75 Å². The Morgan fingerprint density at radius 1 is 1.10 bits per heavy atom. The van der Waals surface area contributed by atoms with E-state index in [-0.39, 0.29) is 0 Å². The Hall–Kier alpha value is -1.48. The molecular formula is C18H20BrNO. The van der Waals surface area contributed by atoms with Crippen LogP contribution in [0.25, 0.3) is 0 Å². The Morgan fingerprint density at radius 3 is 2.52 bits per heavy atom. The van der Waals surface area contributed by atoms with Gasteiger partial charge >= 0.3 is 0 Å². The van der Waals surface area contributed by atoms with Crippen molar-refractivity contribution in [1.29, 1.82) is 0 Å². The molecule has 3 rings (SSSR count). The second-order valence-electron chi connectivity index (χ2n) is 5.79. The highest BCUT2D eigenvalue weighted by Crippen LogP contribution is 2.37. The standard InChI is InChI=1S/C18H20BrNO/c1-11-8-12(2)18(13(3)9-11)20-16-6-7-21-17-5-4-14(19)10-15(16)17/h4-5,8-10,16,20H,6-7H2,1-3H3. The number of rotatable bonds is 2. The van der Waals surface area contributed by atoms with E-state index in [9.17, 15) is 0 Å². The van der Waals surface area contributed by atoms with Crippen molar-refractivity contribution in [1.82, 2.24) is 0 Å². The van der Waals surface area contributed by atoms with Gasteiger partial charge in [0.15, 0.2) is 0 Å². The van der Waals surface area contributed by atoms with Gasteiger partial charge in [0, 0.05) is 22.1 Å².